The first-order valence-electron chi connectivity index (χ1n) is 10.2. The van der Waals surface area contributed by atoms with Gasteiger partial charge in [-0.05, 0) is 47.8 Å². The average molecular weight is 472 g/mol. The molecule has 0 aliphatic carbocycles. The molecule has 4 aromatic rings. The largest absolute Gasteiger partial charge is 0.482 e. The number of aromatic amines is 1. The maximum Gasteiger partial charge on any atom is 0.272 e. The highest BCUT2D eigenvalue weighted by Gasteiger charge is 2.18. The van der Waals surface area contributed by atoms with E-state index in [1.54, 1.807) is 30.5 Å². The second-order valence-electron chi connectivity index (χ2n) is 7.34. The number of hydrogen-bond acceptors (Lipinski definition) is 8. The fraction of sp³-hybridized carbons (Fsp3) is 0.0870. The molecule has 4 N–H and O–H groups in total. The van der Waals surface area contributed by atoms with Crippen LogP contribution in [0.25, 0.3) is 11.0 Å². The number of H-pyrrole nitrogens is 1. The van der Waals surface area contributed by atoms with Crippen molar-refractivity contribution >= 4 is 46.2 Å². The lowest BCUT2D eigenvalue weighted by Gasteiger charge is -2.18. The average Bonchev–Trinajstić information content (AvgIpc) is 3.29. The van der Waals surface area contributed by atoms with E-state index in [-0.39, 0.29) is 30.7 Å². The standard InChI is InChI=1S/C23H17N7O3S/c24-8-13-2-1-3-15(6-13)34-30-17-10-25-21-20(17)27-12-28-22(21)23(32)26-9-14-4-5-18-16(7-14)29-19(31)11-33-18/h1-7,10,12,25,30H,9,11H2,(H,26,32)(H,29,31). The quantitative estimate of drug-likeness (QED) is 0.314. The van der Waals surface area contributed by atoms with Gasteiger partial charge >= 0.3 is 0 Å². The lowest BCUT2D eigenvalue weighted by atomic mass is 10.1. The van der Waals surface area contributed by atoms with Crippen LogP contribution >= 0.6 is 11.9 Å². The number of carbonyl (C=O) groups is 2. The fourth-order valence-corrected chi connectivity index (χ4v) is 4.15. The van der Waals surface area contributed by atoms with Crippen LogP contribution in [-0.2, 0) is 11.3 Å². The summed E-state index contributed by atoms with van der Waals surface area (Å²) in [5.41, 5.74) is 3.91. The number of nitrogens with zero attached hydrogens (tertiary/aromatic N) is 3. The summed E-state index contributed by atoms with van der Waals surface area (Å²) in [7, 11) is 0. The van der Waals surface area contributed by atoms with Crippen LogP contribution in [0.2, 0.25) is 0 Å². The van der Waals surface area contributed by atoms with E-state index in [0.717, 1.165) is 10.5 Å². The Balaban J connectivity index is 1.29. The highest BCUT2D eigenvalue weighted by Crippen LogP contribution is 2.29. The van der Waals surface area contributed by atoms with Crippen molar-refractivity contribution < 1.29 is 14.3 Å². The van der Waals surface area contributed by atoms with Gasteiger partial charge in [0, 0.05) is 17.6 Å². The summed E-state index contributed by atoms with van der Waals surface area (Å²) >= 11 is 1.33. The van der Waals surface area contributed by atoms with Gasteiger partial charge < -0.3 is 25.1 Å². The number of nitriles is 1. The molecule has 0 saturated heterocycles. The van der Waals surface area contributed by atoms with Gasteiger partial charge in [0.1, 0.15) is 17.6 Å². The Labute approximate surface area is 197 Å². The molecule has 5 rings (SSSR count). The highest BCUT2D eigenvalue weighted by molar-refractivity contribution is 8.00. The van der Waals surface area contributed by atoms with E-state index >= 15 is 0 Å². The Morgan fingerprint density at radius 1 is 1.24 bits per heavy atom. The number of aromatic nitrogens is 3. The topological polar surface area (TPSA) is 145 Å². The van der Waals surface area contributed by atoms with E-state index in [2.05, 4.69) is 36.4 Å². The van der Waals surface area contributed by atoms with Crippen LogP contribution in [0.1, 0.15) is 21.6 Å². The summed E-state index contributed by atoms with van der Waals surface area (Å²) < 4.78 is 8.55. The molecular formula is C23H17N7O3S. The van der Waals surface area contributed by atoms with Crippen molar-refractivity contribution in [1.82, 2.24) is 20.3 Å². The number of anilines is 2. The molecule has 2 amide bonds. The summed E-state index contributed by atoms with van der Waals surface area (Å²) in [6.07, 6.45) is 3.05. The van der Waals surface area contributed by atoms with Gasteiger partial charge in [-0.15, -0.1) is 0 Å². The number of amides is 2. The van der Waals surface area contributed by atoms with Crippen LogP contribution in [0.5, 0.6) is 5.75 Å². The minimum absolute atomic E-state index is 0.00938. The van der Waals surface area contributed by atoms with Gasteiger partial charge in [-0.1, -0.05) is 12.1 Å². The molecule has 0 radical (unpaired) electrons. The van der Waals surface area contributed by atoms with Crippen LogP contribution in [0.15, 0.2) is 59.9 Å². The van der Waals surface area contributed by atoms with Crippen LogP contribution in [0, 0.1) is 11.3 Å². The van der Waals surface area contributed by atoms with Gasteiger partial charge in [0.2, 0.25) is 0 Å². The number of nitrogens with one attached hydrogen (secondary N) is 4. The van der Waals surface area contributed by atoms with Crippen molar-refractivity contribution in [2.75, 3.05) is 16.6 Å². The van der Waals surface area contributed by atoms with Crippen LogP contribution in [0.4, 0.5) is 11.4 Å². The first-order valence-corrected chi connectivity index (χ1v) is 11.0. The molecule has 2 aromatic carbocycles. The Bertz CT molecular complexity index is 1460. The molecule has 0 bridgehead atoms. The zero-order valence-electron chi connectivity index (χ0n) is 17.6. The van der Waals surface area contributed by atoms with Crippen molar-refractivity contribution in [3.05, 3.63) is 71.8 Å². The second-order valence-corrected chi connectivity index (χ2v) is 8.22. The SMILES string of the molecule is N#Cc1cccc(SNc2c[nH]c3c(C(=O)NCc4ccc5c(c4)NC(=O)CO5)ncnc23)c1. The highest BCUT2D eigenvalue weighted by atomic mass is 32.2. The molecule has 168 valence electrons. The van der Waals surface area contributed by atoms with Gasteiger partial charge in [0.05, 0.1) is 28.5 Å². The van der Waals surface area contributed by atoms with E-state index < -0.39 is 0 Å². The summed E-state index contributed by atoms with van der Waals surface area (Å²) in [4.78, 5) is 36.8. The fourth-order valence-electron chi connectivity index (χ4n) is 3.44. The van der Waals surface area contributed by atoms with Crippen LogP contribution in [-0.4, -0.2) is 33.4 Å². The summed E-state index contributed by atoms with van der Waals surface area (Å²) in [6, 6.07) is 14.7. The second kappa shape index (κ2) is 9.13. The smallest absolute Gasteiger partial charge is 0.272 e. The number of ether oxygens (including phenoxy) is 1. The lowest BCUT2D eigenvalue weighted by Crippen LogP contribution is -2.26. The van der Waals surface area contributed by atoms with E-state index in [1.807, 2.05) is 18.2 Å². The van der Waals surface area contributed by atoms with E-state index in [1.165, 1.54) is 18.3 Å². The maximum atomic E-state index is 12.9. The maximum absolute atomic E-state index is 12.9. The number of benzene rings is 2. The van der Waals surface area contributed by atoms with Gasteiger partial charge in [0.25, 0.3) is 11.8 Å². The summed E-state index contributed by atoms with van der Waals surface area (Å²) in [6.45, 7) is 0.231. The van der Waals surface area contributed by atoms with Gasteiger partial charge in [-0.2, -0.15) is 5.26 Å². The molecule has 0 saturated carbocycles. The molecule has 0 spiro atoms. The van der Waals surface area contributed by atoms with E-state index in [0.29, 0.717) is 33.7 Å². The minimum Gasteiger partial charge on any atom is -0.482 e. The first-order chi connectivity index (χ1) is 16.6. The minimum atomic E-state index is -0.367. The Morgan fingerprint density at radius 3 is 3.03 bits per heavy atom. The predicted octanol–water partition coefficient (Wildman–Crippen LogP) is 3.21. The third-order valence-electron chi connectivity index (χ3n) is 5.05. The summed E-state index contributed by atoms with van der Waals surface area (Å²) in [5.74, 6) is 0.00755. The molecule has 1 aliphatic heterocycles. The van der Waals surface area contributed by atoms with Crippen molar-refractivity contribution in [3.8, 4) is 11.8 Å². The van der Waals surface area contributed by atoms with Crippen molar-refractivity contribution in [1.29, 1.82) is 5.26 Å². The predicted molar refractivity (Wildman–Crippen MR) is 126 cm³/mol. The zero-order valence-corrected chi connectivity index (χ0v) is 18.4. The van der Waals surface area contributed by atoms with Crippen molar-refractivity contribution in [3.63, 3.8) is 0 Å². The molecular weight excluding hydrogens is 454 g/mol. The number of rotatable bonds is 6. The van der Waals surface area contributed by atoms with Gasteiger partial charge in [-0.25, -0.2) is 9.97 Å². The lowest BCUT2D eigenvalue weighted by molar-refractivity contribution is -0.118. The van der Waals surface area contributed by atoms with Crippen molar-refractivity contribution in [2.45, 2.75) is 11.4 Å². The normalized spacial score (nSPS) is 12.3. The number of carbonyl (C=O) groups excluding carboxylic acids is 2. The van der Waals surface area contributed by atoms with Gasteiger partial charge in [0.15, 0.2) is 12.3 Å². The molecule has 0 atom stereocenters. The molecule has 10 nitrogen and oxygen atoms in total. The van der Waals surface area contributed by atoms with Crippen LogP contribution in [0.3, 0.4) is 0 Å². The molecule has 34 heavy (non-hydrogen) atoms. The van der Waals surface area contributed by atoms with Gasteiger partial charge in [-0.3, -0.25) is 9.59 Å². The molecule has 11 heteroatoms. The molecule has 0 unspecified atom stereocenters. The Hall–Kier alpha value is -4.56. The first kappa shape index (κ1) is 21.3. The van der Waals surface area contributed by atoms with Crippen LogP contribution < -0.4 is 20.1 Å². The van der Waals surface area contributed by atoms with E-state index in [9.17, 15) is 9.59 Å². The summed E-state index contributed by atoms with van der Waals surface area (Å²) in [5, 5.41) is 14.7. The monoisotopic (exact) mass is 471 g/mol. The number of fused-ring (bicyclic) bond motifs is 2. The molecule has 1 aliphatic rings. The number of hydrogen-bond donors (Lipinski definition) is 4. The Morgan fingerprint density at radius 2 is 2.15 bits per heavy atom. The van der Waals surface area contributed by atoms with Crippen molar-refractivity contribution in [2.24, 2.45) is 0 Å². The Kier molecular flexibility index (Phi) is 5.72. The third kappa shape index (κ3) is 4.35. The zero-order chi connectivity index (χ0) is 23.5. The third-order valence-corrected chi connectivity index (χ3v) is 5.86. The molecule has 3 heterocycles. The van der Waals surface area contributed by atoms with E-state index in [4.69, 9.17) is 10.00 Å². The molecule has 0 fully saturated rings. The molecule has 2 aromatic heterocycles.